The zero-order valence-electron chi connectivity index (χ0n) is 12.8. The summed E-state index contributed by atoms with van der Waals surface area (Å²) in [6, 6.07) is 0.267. The fourth-order valence-corrected chi connectivity index (χ4v) is 2.30. The molecule has 0 aromatic carbocycles. The highest BCUT2D eigenvalue weighted by Crippen LogP contribution is 2.33. The first-order chi connectivity index (χ1) is 10.9. The maximum absolute atomic E-state index is 12.7. The van der Waals surface area contributed by atoms with Crippen molar-refractivity contribution in [1.82, 2.24) is 9.88 Å². The van der Waals surface area contributed by atoms with Gasteiger partial charge in [-0.2, -0.15) is 13.2 Å². The summed E-state index contributed by atoms with van der Waals surface area (Å²) in [7, 11) is 1.23. The lowest BCUT2D eigenvalue weighted by Crippen LogP contribution is -2.50. The Hall–Kier alpha value is -2.03. The zero-order chi connectivity index (χ0) is 17.0. The van der Waals surface area contributed by atoms with Gasteiger partial charge in [0, 0.05) is 12.6 Å². The third kappa shape index (κ3) is 4.04. The molecule has 1 unspecified atom stereocenters. The molecule has 1 N–H and O–H groups in total. The summed E-state index contributed by atoms with van der Waals surface area (Å²) in [5.74, 6) is -0.0954. The number of aromatic nitrogens is 1. The molecular weight excluding hydrogens is 315 g/mol. The van der Waals surface area contributed by atoms with Gasteiger partial charge >= 0.3 is 12.2 Å². The Morgan fingerprint density at radius 3 is 2.91 bits per heavy atom. The van der Waals surface area contributed by atoms with Crippen molar-refractivity contribution in [2.45, 2.75) is 25.6 Å². The van der Waals surface area contributed by atoms with Crippen LogP contribution in [0.3, 0.4) is 0 Å². The number of alkyl halides is 3. The minimum absolute atomic E-state index is 0.0721. The van der Waals surface area contributed by atoms with Crippen molar-refractivity contribution in [2.75, 3.05) is 32.2 Å². The van der Waals surface area contributed by atoms with Crippen LogP contribution in [0, 0.1) is 0 Å². The monoisotopic (exact) mass is 333 g/mol. The summed E-state index contributed by atoms with van der Waals surface area (Å²) in [4.78, 5) is 17.3. The first kappa shape index (κ1) is 17.3. The van der Waals surface area contributed by atoms with Gasteiger partial charge in [-0.15, -0.1) is 0 Å². The Bertz CT molecular complexity index is 566. The van der Waals surface area contributed by atoms with Gasteiger partial charge in [-0.3, -0.25) is 0 Å². The molecule has 23 heavy (non-hydrogen) atoms. The van der Waals surface area contributed by atoms with Crippen LogP contribution in [0.25, 0.3) is 0 Å². The third-order valence-corrected chi connectivity index (χ3v) is 3.58. The summed E-state index contributed by atoms with van der Waals surface area (Å²) in [6.07, 6.45) is -2.91. The molecule has 128 valence electrons. The quantitative estimate of drug-likeness (QED) is 0.924. The number of carbonyl (C=O) groups is 1. The van der Waals surface area contributed by atoms with Gasteiger partial charge in [-0.1, -0.05) is 6.92 Å². The van der Waals surface area contributed by atoms with Crippen LogP contribution in [0.1, 0.15) is 19.0 Å². The van der Waals surface area contributed by atoms with E-state index in [1.165, 1.54) is 7.11 Å². The predicted octanol–water partition coefficient (Wildman–Crippen LogP) is 2.75. The SMILES string of the molecule is CCC1COCCN1C(=O)Nc1cnc(C(F)(F)F)cc1OC. The number of amides is 2. The lowest BCUT2D eigenvalue weighted by Gasteiger charge is -2.35. The van der Waals surface area contributed by atoms with Crippen molar-refractivity contribution in [3.63, 3.8) is 0 Å². The molecule has 0 saturated carbocycles. The number of hydrogen-bond donors (Lipinski definition) is 1. The van der Waals surface area contributed by atoms with Gasteiger partial charge in [0.25, 0.3) is 0 Å². The number of nitrogens with zero attached hydrogens (tertiary/aromatic N) is 2. The lowest BCUT2D eigenvalue weighted by molar-refractivity contribution is -0.141. The van der Waals surface area contributed by atoms with Crippen molar-refractivity contribution in [3.05, 3.63) is 18.0 Å². The Morgan fingerprint density at radius 2 is 2.30 bits per heavy atom. The molecule has 0 aliphatic carbocycles. The van der Waals surface area contributed by atoms with Crippen LogP contribution < -0.4 is 10.1 Å². The Kier molecular flexibility index (Phi) is 5.30. The molecular formula is C14H18F3N3O3. The van der Waals surface area contributed by atoms with Crippen LogP contribution in [0.2, 0.25) is 0 Å². The highest BCUT2D eigenvalue weighted by molar-refractivity contribution is 5.91. The van der Waals surface area contributed by atoms with Crippen LogP contribution in [0.4, 0.5) is 23.7 Å². The molecule has 1 aliphatic rings. The standard InChI is InChI=1S/C14H18F3N3O3/c1-3-9-8-23-5-4-20(9)13(21)19-10-7-18-12(14(15,16)17)6-11(10)22-2/h6-7,9H,3-5,8H2,1-2H3,(H,19,21). The lowest BCUT2D eigenvalue weighted by atomic mass is 10.2. The molecule has 2 rings (SSSR count). The minimum atomic E-state index is -4.58. The average molecular weight is 333 g/mol. The molecule has 1 aromatic rings. The van der Waals surface area contributed by atoms with Crippen molar-refractivity contribution >= 4 is 11.7 Å². The number of hydrogen-bond acceptors (Lipinski definition) is 4. The number of morpholine rings is 1. The average Bonchev–Trinajstić information content (AvgIpc) is 2.54. The van der Waals surface area contributed by atoms with Gasteiger partial charge in [0.15, 0.2) is 0 Å². The first-order valence-corrected chi connectivity index (χ1v) is 7.13. The Labute approximate surface area is 131 Å². The highest BCUT2D eigenvalue weighted by Gasteiger charge is 2.34. The van der Waals surface area contributed by atoms with Gasteiger partial charge in [-0.05, 0) is 6.42 Å². The molecule has 6 nitrogen and oxygen atoms in total. The summed E-state index contributed by atoms with van der Waals surface area (Å²) in [5, 5.41) is 2.55. The Morgan fingerprint density at radius 1 is 1.57 bits per heavy atom. The van der Waals surface area contributed by atoms with Crippen molar-refractivity contribution in [3.8, 4) is 5.75 Å². The van der Waals surface area contributed by atoms with E-state index in [0.29, 0.717) is 19.8 Å². The van der Waals surface area contributed by atoms with E-state index in [-0.39, 0.29) is 17.5 Å². The number of rotatable bonds is 3. The van der Waals surface area contributed by atoms with Crippen molar-refractivity contribution in [1.29, 1.82) is 0 Å². The number of ether oxygens (including phenoxy) is 2. The number of anilines is 1. The number of urea groups is 1. The van der Waals surface area contributed by atoms with Gasteiger partial charge in [0.2, 0.25) is 0 Å². The third-order valence-electron chi connectivity index (χ3n) is 3.58. The number of pyridine rings is 1. The molecule has 2 amide bonds. The van der Waals surface area contributed by atoms with E-state index >= 15 is 0 Å². The second-order valence-corrected chi connectivity index (χ2v) is 5.03. The van der Waals surface area contributed by atoms with Gasteiger partial charge in [-0.25, -0.2) is 9.78 Å². The second-order valence-electron chi connectivity index (χ2n) is 5.03. The molecule has 1 saturated heterocycles. The molecule has 0 spiro atoms. The molecule has 1 aliphatic heterocycles. The fourth-order valence-electron chi connectivity index (χ4n) is 2.30. The summed E-state index contributed by atoms with van der Waals surface area (Å²) in [5.41, 5.74) is -0.989. The van der Waals surface area contributed by atoms with E-state index in [4.69, 9.17) is 9.47 Å². The summed E-state index contributed by atoms with van der Waals surface area (Å²) in [6.45, 7) is 3.21. The van der Waals surface area contributed by atoms with Gasteiger partial charge < -0.3 is 19.7 Å². The predicted molar refractivity (Wildman–Crippen MR) is 76.4 cm³/mol. The van der Waals surface area contributed by atoms with Crippen LogP contribution in [-0.2, 0) is 10.9 Å². The molecule has 1 aromatic heterocycles. The molecule has 1 atom stereocenters. The van der Waals surface area contributed by atoms with Crippen LogP contribution >= 0.6 is 0 Å². The van der Waals surface area contributed by atoms with E-state index in [0.717, 1.165) is 18.7 Å². The van der Waals surface area contributed by atoms with Crippen LogP contribution in [0.15, 0.2) is 12.3 Å². The first-order valence-electron chi connectivity index (χ1n) is 7.13. The number of methoxy groups -OCH3 is 1. The maximum Gasteiger partial charge on any atom is 0.433 e. The normalized spacial score (nSPS) is 18.7. The van der Waals surface area contributed by atoms with E-state index in [1.54, 1.807) is 4.90 Å². The molecule has 0 bridgehead atoms. The van der Waals surface area contributed by atoms with Crippen molar-refractivity contribution in [2.24, 2.45) is 0 Å². The number of nitrogens with one attached hydrogen (secondary N) is 1. The van der Waals surface area contributed by atoms with E-state index in [2.05, 4.69) is 10.3 Å². The maximum atomic E-state index is 12.7. The smallest absolute Gasteiger partial charge is 0.433 e. The minimum Gasteiger partial charge on any atom is -0.494 e. The topological polar surface area (TPSA) is 63.7 Å². The highest BCUT2D eigenvalue weighted by atomic mass is 19.4. The number of carbonyl (C=O) groups excluding carboxylic acids is 1. The zero-order valence-corrected chi connectivity index (χ0v) is 12.8. The van der Waals surface area contributed by atoms with Crippen molar-refractivity contribution < 1.29 is 27.4 Å². The second kappa shape index (κ2) is 7.03. The van der Waals surface area contributed by atoms with E-state index in [9.17, 15) is 18.0 Å². The Balaban J connectivity index is 2.17. The van der Waals surface area contributed by atoms with Crippen LogP contribution in [0.5, 0.6) is 5.75 Å². The molecule has 9 heteroatoms. The van der Waals surface area contributed by atoms with Crippen LogP contribution in [-0.4, -0.2) is 48.8 Å². The summed E-state index contributed by atoms with van der Waals surface area (Å²) >= 11 is 0. The van der Waals surface area contributed by atoms with E-state index < -0.39 is 17.9 Å². The molecule has 2 heterocycles. The van der Waals surface area contributed by atoms with Gasteiger partial charge in [0.1, 0.15) is 17.1 Å². The largest absolute Gasteiger partial charge is 0.494 e. The molecule has 0 radical (unpaired) electrons. The summed E-state index contributed by atoms with van der Waals surface area (Å²) < 4.78 is 48.2. The van der Waals surface area contributed by atoms with Gasteiger partial charge in [0.05, 0.1) is 32.6 Å². The molecule has 1 fully saturated rings. The fraction of sp³-hybridized carbons (Fsp3) is 0.571. The number of halogens is 3. The van der Waals surface area contributed by atoms with E-state index in [1.807, 2.05) is 6.92 Å².